The van der Waals surface area contributed by atoms with Crippen LogP contribution in [-0.4, -0.2) is 48.5 Å². The summed E-state index contributed by atoms with van der Waals surface area (Å²) < 4.78 is 89.8. The summed E-state index contributed by atoms with van der Waals surface area (Å²) in [6.07, 6.45) is -3.66. The maximum absolute atomic E-state index is 14.1. The Morgan fingerprint density at radius 3 is 2.70 bits per heavy atom. The summed E-state index contributed by atoms with van der Waals surface area (Å²) in [6.45, 7) is 1.94. The van der Waals surface area contributed by atoms with Gasteiger partial charge in [0, 0.05) is 12.7 Å². The molecule has 0 N–H and O–H groups in total. The maximum Gasteiger partial charge on any atom is 0.433 e. The molecule has 7 nitrogen and oxygen atoms in total. The summed E-state index contributed by atoms with van der Waals surface area (Å²) in [5, 5.41) is 0. The largest absolute Gasteiger partial charge is 0.491 e. The van der Waals surface area contributed by atoms with Crippen LogP contribution in [0.1, 0.15) is 25.5 Å². The molecule has 30 heavy (non-hydrogen) atoms. The second-order valence-corrected chi connectivity index (χ2v) is 8.43. The molecule has 12 heteroatoms. The Bertz CT molecular complexity index is 1000. The average molecular weight is 449 g/mol. The third-order valence-corrected chi connectivity index (χ3v) is 6.24. The van der Waals surface area contributed by atoms with Crippen molar-refractivity contribution in [3.05, 3.63) is 42.0 Å². The van der Waals surface area contributed by atoms with Gasteiger partial charge in [-0.3, -0.25) is 0 Å². The van der Waals surface area contributed by atoms with Crippen molar-refractivity contribution in [3.8, 4) is 11.8 Å². The molecule has 1 unspecified atom stereocenters. The minimum Gasteiger partial charge on any atom is -0.491 e. The molecule has 1 aromatic carbocycles. The van der Waals surface area contributed by atoms with Gasteiger partial charge in [0.1, 0.15) is 6.10 Å². The Morgan fingerprint density at radius 1 is 1.27 bits per heavy atom. The maximum atomic E-state index is 14.1. The standard InChI is InChI=1S/C18H19F4N3O4S/c1-2-28-15-6-5-13(10-14(15)19)30(26,27)25-9-3-4-12(11-25)29-17-23-8-7-16(24-17)18(20,21)22/h5-8,10,12H,2-4,9,11H2,1H3. The summed E-state index contributed by atoms with van der Waals surface area (Å²) in [5.41, 5.74) is -1.15. The Labute approximate surface area is 170 Å². The number of ether oxygens (including phenoxy) is 2. The van der Waals surface area contributed by atoms with E-state index in [1.54, 1.807) is 6.92 Å². The van der Waals surface area contributed by atoms with E-state index in [1.807, 2.05) is 0 Å². The van der Waals surface area contributed by atoms with Gasteiger partial charge in [0.2, 0.25) is 10.0 Å². The molecule has 1 aliphatic rings. The van der Waals surface area contributed by atoms with Crippen LogP contribution in [0.5, 0.6) is 11.8 Å². The van der Waals surface area contributed by atoms with Crippen LogP contribution >= 0.6 is 0 Å². The van der Waals surface area contributed by atoms with E-state index in [2.05, 4.69) is 9.97 Å². The summed E-state index contributed by atoms with van der Waals surface area (Å²) in [4.78, 5) is 6.75. The van der Waals surface area contributed by atoms with Crippen LogP contribution in [0.3, 0.4) is 0 Å². The fourth-order valence-corrected chi connectivity index (χ4v) is 4.51. The van der Waals surface area contributed by atoms with E-state index in [9.17, 15) is 26.0 Å². The van der Waals surface area contributed by atoms with E-state index in [4.69, 9.17) is 9.47 Å². The van der Waals surface area contributed by atoms with Crippen molar-refractivity contribution in [1.82, 2.24) is 14.3 Å². The molecule has 0 aliphatic carbocycles. The molecule has 0 radical (unpaired) electrons. The van der Waals surface area contributed by atoms with Crippen LogP contribution < -0.4 is 9.47 Å². The zero-order valence-electron chi connectivity index (χ0n) is 15.9. The monoisotopic (exact) mass is 449 g/mol. The number of aromatic nitrogens is 2. The van der Waals surface area contributed by atoms with Crippen molar-refractivity contribution < 1.29 is 35.5 Å². The van der Waals surface area contributed by atoms with Gasteiger partial charge < -0.3 is 9.47 Å². The number of halogens is 4. The number of benzene rings is 1. The van der Waals surface area contributed by atoms with Gasteiger partial charge in [-0.05, 0) is 44.0 Å². The molecule has 2 heterocycles. The van der Waals surface area contributed by atoms with Crippen molar-refractivity contribution in [2.24, 2.45) is 0 Å². The second kappa shape index (κ2) is 8.72. The van der Waals surface area contributed by atoms with Gasteiger partial charge >= 0.3 is 12.2 Å². The molecule has 1 aromatic heterocycles. The van der Waals surface area contributed by atoms with Gasteiger partial charge in [-0.1, -0.05) is 0 Å². The fourth-order valence-electron chi connectivity index (χ4n) is 2.99. The molecule has 0 bridgehead atoms. The molecule has 2 aromatic rings. The third-order valence-electron chi connectivity index (χ3n) is 4.38. The number of sulfonamides is 1. The van der Waals surface area contributed by atoms with Gasteiger partial charge in [-0.25, -0.2) is 17.8 Å². The first-order valence-corrected chi connectivity index (χ1v) is 10.5. The average Bonchev–Trinajstić information content (AvgIpc) is 2.69. The number of hydrogen-bond acceptors (Lipinski definition) is 6. The van der Waals surface area contributed by atoms with Crippen molar-refractivity contribution in [2.75, 3.05) is 19.7 Å². The minimum atomic E-state index is -4.65. The minimum absolute atomic E-state index is 0.0574. The van der Waals surface area contributed by atoms with Crippen molar-refractivity contribution in [2.45, 2.75) is 36.9 Å². The Hall–Kier alpha value is -2.47. The normalized spacial score (nSPS) is 18.2. The number of rotatable bonds is 6. The lowest BCUT2D eigenvalue weighted by Gasteiger charge is -2.31. The lowest BCUT2D eigenvalue weighted by molar-refractivity contribution is -0.141. The third kappa shape index (κ3) is 4.98. The Morgan fingerprint density at radius 2 is 2.03 bits per heavy atom. The molecule has 0 saturated carbocycles. The molecule has 1 atom stereocenters. The van der Waals surface area contributed by atoms with Gasteiger partial charge in [0.05, 0.1) is 18.0 Å². The van der Waals surface area contributed by atoms with E-state index in [-0.39, 0.29) is 30.3 Å². The van der Waals surface area contributed by atoms with Crippen LogP contribution in [0.2, 0.25) is 0 Å². The predicted octanol–water partition coefficient (Wildman–Crippen LogP) is 3.27. The van der Waals surface area contributed by atoms with Crippen LogP contribution in [0.4, 0.5) is 17.6 Å². The molecule has 1 fully saturated rings. The van der Waals surface area contributed by atoms with Crippen LogP contribution in [0.15, 0.2) is 35.4 Å². The van der Waals surface area contributed by atoms with Crippen molar-refractivity contribution >= 4 is 10.0 Å². The van der Waals surface area contributed by atoms with E-state index in [0.29, 0.717) is 18.9 Å². The van der Waals surface area contributed by atoms with Crippen LogP contribution in [0.25, 0.3) is 0 Å². The highest BCUT2D eigenvalue weighted by atomic mass is 32.2. The zero-order valence-corrected chi connectivity index (χ0v) is 16.7. The van der Waals surface area contributed by atoms with E-state index >= 15 is 0 Å². The first-order chi connectivity index (χ1) is 14.1. The van der Waals surface area contributed by atoms with Crippen LogP contribution in [-0.2, 0) is 16.2 Å². The van der Waals surface area contributed by atoms with E-state index in [0.717, 1.165) is 16.6 Å². The van der Waals surface area contributed by atoms with E-state index < -0.39 is 39.8 Å². The summed E-state index contributed by atoms with van der Waals surface area (Å²) in [7, 11) is -4.04. The number of nitrogens with zero attached hydrogens (tertiary/aromatic N) is 3. The molecule has 1 aliphatic heterocycles. The van der Waals surface area contributed by atoms with Crippen molar-refractivity contribution in [3.63, 3.8) is 0 Å². The van der Waals surface area contributed by atoms with Gasteiger partial charge in [0.25, 0.3) is 0 Å². The van der Waals surface area contributed by atoms with E-state index in [1.165, 1.54) is 12.1 Å². The number of hydrogen-bond donors (Lipinski definition) is 0. The van der Waals surface area contributed by atoms with Gasteiger partial charge in [-0.2, -0.15) is 22.5 Å². The fraction of sp³-hybridized carbons (Fsp3) is 0.444. The predicted molar refractivity (Wildman–Crippen MR) is 97.0 cm³/mol. The van der Waals surface area contributed by atoms with Gasteiger partial charge in [0.15, 0.2) is 17.3 Å². The lowest BCUT2D eigenvalue weighted by Crippen LogP contribution is -2.44. The summed E-state index contributed by atoms with van der Waals surface area (Å²) in [6, 6.07) is 3.58. The highest BCUT2D eigenvalue weighted by Crippen LogP contribution is 2.29. The second-order valence-electron chi connectivity index (χ2n) is 6.49. The topological polar surface area (TPSA) is 81.6 Å². The van der Waals surface area contributed by atoms with Gasteiger partial charge in [-0.15, -0.1) is 0 Å². The zero-order chi connectivity index (χ0) is 21.9. The molecular weight excluding hydrogens is 430 g/mol. The molecule has 164 valence electrons. The molecule has 0 spiro atoms. The smallest absolute Gasteiger partial charge is 0.433 e. The lowest BCUT2D eigenvalue weighted by atomic mass is 10.1. The Balaban J connectivity index is 1.75. The molecule has 3 rings (SSSR count). The molecule has 1 saturated heterocycles. The highest BCUT2D eigenvalue weighted by Gasteiger charge is 2.35. The molecular formula is C18H19F4N3O4S. The quantitative estimate of drug-likeness (QED) is 0.630. The molecule has 0 amide bonds. The number of alkyl halides is 3. The van der Waals surface area contributed by atoms with Crippen molar-refractivity contribution in [1.29, 1.82) is 0 Å². The first-order valence-electron chi connectivity index (χ1n) is 9.10. The summed E-state index contributed by atoms with van der Waals surface area (Å²) in [5.74, 6) is -0.863. The summed E-state index contributed by atoms with van der Waals surface area (Å²) >= 11 is 0. The van der Waals surface area contributed by atoms with Crippen LogP contribution in [0, 0.1) is 5.82 Å². The highest BCUT2D eigenvalue weighted by molar-refractivity contribution is 7.89. The Kier molecular flexibility index (Phi) is 6.46. The number of piperidine rings is 1. The SMILES string of the molecule is CCOc1ccc(S(=O)(=O)N2CCCC(Oc3nccc(C(F)(F)F)n3)C2)cc1F. The first kappa shape index (κ1) is 22.2.